The number of rotatable bonds is 5. The minimum absolute atomic E-state index is 0.246. The highest BCUT2D eigenvalue weighted by Gasteiger charge is 2.30. The lowest BCUT2D eigenvalue weighted by Crippen LogP contribution is -2.28. The van der Waals surface area contributed by atoms with Gasteiger partial charge >= 0.3 is 5.97 Å². The molecule has 1 atom stereocenters. The second-order valence-electron chi connectivity index (χ2n) is 4.22. The molecular formula is C13H18O3. The molecule has 0 saturated heterocycles. The van der Waals surface area contributed by atoms with Crippen LogP contribution in [0.5, 0.6) is 0 Å². The predicted molar refractivity (Wildman–Crippen MR) is 62.2 cm³/mol. The van der Waals surface area contributed by atoms with Crippen LogP contribution in [0.1, 0.15) is 37.3 Å². The summed E-state index contributed by atoms with van der Waals surface area (Å²) in [6.45, 7) is 3.89. The number of carbonyl (C=O) groups is 1. The van der Waals surface area contributed by atoms with E-state index < -0.39 is 11.6 Å². The Kier molecular flexibility index (Phi) is 4.07. The molecule has 0 radical (unpaired) electrons. The maximum absolute atomic E-state index is 10.8. The van der Waals surface area contributed by atoms with E-state index in [4.69, 9.17) is 5.11 Å². The Morgan fingerprint density at radius 1 is 1.31 bits per heavy atom. The van der Waals surface area contributed by atoms with Crippen LogP contribution in [-0.2, 0) is 10.4 Å². The SMILES string of the molecule is CCCC(O)(CC(=O)O)c1ccc(C)cc1. The monoisotopic (exact) mass is 222 g/mol. The average molecular weight is 222 g/mol. The van der Waals surface area contributed by atoms with Crippen LogP contribution in [0.15, 0.2) is 24.3 Å². The molecule has 2 N–H and O–H groups in total. The van der Waals surface area contributed by atoms with Gasteiger partial charge in [0.2, 0.25) is 0 Å². The van der Waals surface area contributed by atoms with E-state index in [-0.39, 0.29) is 6.42 Å². The molecule has 0 amide bonds. The first kappa shape index (κ1) is 12.7. The zero-order valence-electron chi connectivity index (χ0n) is 9.73. The van der Waals surface area contributed by atoms with Crippen LogP contribution in [0.3, 0.4) is 0 Å². The Labute approximate surface area is 95.7 Å². The summed E-state index contributed by atoms with van der Waals surface area (Å²) in [6, 6.07) is 7.37. The van der Waals surface area contributed by atoms with E-state index in [9.17, 15) is 9.90 Å². The summed E-state index contributed by atoms with van der Waals surface area (Å²) < 4.78 is 0. The molecule has 0 saturated carbocycles. The number of benzene rings is 1. The second kappa shape index (κ2) is 5.12. The van der Waals surface area contributed by atoms with Crippen molar-refractivity contribution in [3.05, 3.63) is 35.4 Å². The van der Waals surface area contributed by atoms with Crippen LogP contribution in [0.4, 0.5) is 0 Å². The van der Waals surface area contributed by atoms with E-state index in [1.54, 1.807) is 12.1 Å². The Hall–Kier alpha value is -1.35. The van der Waals surface area contributed by atoms with Gasteiger partial charge < -0.3 is 10.2 Å². The Bertz CT molecular complexity index is 356. The summed E-state index contributed by atoms with van der Waals surface area (Å²) >= 11 is 0. The summed E-state index contributed by atoms with van der Waals surface area (Å²) in [7, 11) is 0. The molecule has 0 bridgehead atoms. The average Bonchev–Trinajstić information content (AvgIpc) is 2.17. The van der Waals surface area contributed by atoms with Crippen molar-refractivity contribution in [3.63, 3.8) is 0 Å². The van der Waals surface area contributed by atoms with E-state index in [0.29, 0.717) is 12.0 Å². The molecule has 0 aromatic heterocycles. The lowest BCUT2D eigenvalue weighted by atomic mass is 9.86. The van der Waals surface area contributed by atoms with Crippen LogP contribution in [0, 0.1) is 6.92 Å². The van der Waals surface area contributed by atoms with Gasteiger partial charge in [0.1, 0.15) is 5.60 Å². The number of aryl methyl sites for hydroxylation is 1. The van der Waals surface area contributed by atoms with Crippen molar-refractivity contribution in [2.75, 3.05) is 0 Å². The summed E-state index contributed by atoms with van der Waals surface area (Å²) in [5, 5.41) is 19.2. The number of hydrogen-bond donors (Lipinski definition) is 2. The van der Waals surface area contributed by atoms with Gasteiger partial charge in [-0.1, -0.05) is 43.2 Å². The lowest BCUT2D eigenvalue weighted by molar-refractivity contribution is -0.143. The maximum Gasteiger partial charge on any atom is 0.306 e. The van der Waals surface area contributed by atoms with Gasteiger partial charge in [-0.05, 0) is 18.9 Å². The molecule has 3 nitrogen and oxygen atoms in total. The third-order valence-electron chi connectivity index (χ3n) is 2.70. The second-order valence-corrected chi connectivity index (χ2v) is 4.22. The van der Waals surface area contributed by atoms with Crippen molar-refractivity contribution < 1.29 is 15.0 Å². The Morgan fingerprint density at radius 2 is 1.88 bits per heavy atom. The molecular weight excluding hydrogens is 204 g/mol. The molecule has 1 aromatic carbocycles. The van der Waals surface area contributed by atoms with Crippen molar-refractivity contribution in [3.8, 4) is 0 Å². The summed E-state index contributed by atoms with van der Waals surface area (Å²) in [4.78, 5) is 10.8. The molecule has 1 unspecified atom stereocenters. The highest BCUT2D eigenvalue weighted by Crippen LogP contribution is 2.30. The van der Waals surface area contributed by atoms with Crippen molar-refractivity contribution >= 4 is 5.97 Å². The smallest absolute Gasteiger partial charge is 0.306 e. The maximum atomic E-state index is 10.8. The Morgan fingerprint density at radius 3 is 2.31 bits per heavy atom. The van der Waals surface area contributed by atoms with Crippen LogP contribution in [-0.4, -0.2) is 16.2 Å². The summed E-state index contributed by atoms with van der Waals surface area (Å²) in [5.41, 5.74) is 0.536. The normalized spacial score (nSPS) is 14.4. The molecule has 3 heteroatoms. The van der Waals surface area contributed by atoms with Gasteiger partial charge in [0.15, 0.2) is 0 Å². The minimum atomic E-state index is -1.24. The Balaban J connectivity index is 3.00. The number of carboxylic acids is 1. The highest BCUT2D eigenvalue weighted by molar-refractivity contribution is 5.68. The molecule has 0 heterocycles. The van der Waals surface area contributed by atoms with Gasteiger partial charge in [0.05, 0.1) is 6.42 Å². The summed E-state index contributed by atoms with van der Waals surface area (Å²) in [5.74, 6) is -0.975. The third kappa shape index (κ3) is 3.07. The van der Waals surface area contributed by atoms with Crippen molar-refractivity contribution in [2.45, 2.75) is 38.7 Å². The fraction of sp³-hybridized carbons (Fsp3) is 0.462. The standard InChI is InChI=1S/C13H18O3/c1-3-8-13(16,9-12(14)15)11-6-4-10(2)5-7-11/h4-7,16H,3,8-9H2,1-2H3,(H,14,15). The van der Waals surface area contributed by atoms with Gasteiger partial charge in [-0.15, -0.1) is 0 Å². The van der Waals surface area contributed by atoms with Crippen molar-refractivity contribution in [2.24, 2.45) is 0 Å². The van der Waals surface area contributed by atoms with E-state index in [1.165, 1.54) is 0 Å². The quantitative estimate of drug-likeness (QED) is 0.804. The number of hydrogen-bond acceptors (Lipinski definition) is 2. The molecule has 0 aliphatic heterocycles. The number of aliphatic hydroxyl groups is 1. The molecule has 16 heavy (non-hydrogen) atoms. The first-order valence-electron chi connectivity index (χ1n) is 5.49. The third-order valence-corrected chi connectivity index (χ3v) is 2.70. The van der Waals surface area contributed by atoms with Crippen LogP contribution < -0.4 is 0 Å². The number of carboxylic acid groups (broad SMARTS) is 1. The minimum Gasteiger partial charge on any atom is -0.481 e. The van der Waals surface area contributed by atoms with Crippen LogP contribution in [0.25, 0.3) is 0 Å². The van der Waals surface area contributed by atoms with Gasteiger partial charge in [-0.3, -0.25) is 4.79 Å². The fourth-order valence-corrected chi connectivity index (χ4v) is 1.86. The number of aliphatic carboxylic acids is 1. The van der Waals surface area contributed by atoms with E-state index in [0.717, 1.165) is 12.0 Å². The zero-order chi connectivity index (χ0) is 12.2. The molecule has 0 fully saturated rings. The van der Waals surface area contributed by atoms with Crippen molar-refractivity contribution in [1.82, 2.24) is 0 Å². The first-order chi connectivity index (χ1) is 7.48. The van der Waals surface area contributed by atoms with Crippen molar-refractivity contribution in [1.29, 1.82) is 0 Å². The molecule has 0 aliphatic rings. The first-order valence-corrected chi connectivity index (χ1v) is 5.49. The fourth-order valence-electron chi connectivity index (χ4n) is 1.86. The van der Waals surface area contributed by atoms with Gasteiger partial charge in [-0.25, -0.2) is 0 Å². The van der Waals surface area contributed by atoms with Crippen LogP contribution in [0.2, 0.25) is 0 Å². The van der Waals surface area contributed by atoms with E-state index in [1.807, 2.05) is 26.0 Å². The zero-order valence-corrected chi connectivity index (χ0v) is 9.73. The molecule has 88 valence electrons. The predicted octanol–water partition coefficient (Wildman–Crippen LogP) is 2.46. The van der Waals surface area contributed by atoms with E-state index >= 15 is 0 Å². The molecule has 1 aromatic rings. The largest absolute Gasteiger partial charge is 0.481 e. The lowest BCUT2D eigenvalue weighted by Gasteiger charge is -2.26. The van der Waals surface area contributed by atoms with Crippen LogP contribution >= 0.6 is 0 Å². The van der Waals surface area contributed by atoms with Gasteiger partial charge in [0, 0.05) is 0 Å². The molecule has 0 aliphatic carbocycles. The highest BCUT2D eigenvalue weighted by atomic mass is 16.4. The van der Waals surface area contributed by atoms with Gasteiger partial charge in [0.25, 0.3) is 0 Å². The molecule has 1 rings (SSSR count). The molecule has 0 spiro atoms. The summed E-state index contributed by atoms with van der Waals surface area (Å²) in [6.07, 6.45) is 0.962. The van der Waals surface area contributed by atoms with Gasteiger partial charge in [-0.2, -0.15) is 0 Å². The van der Waals surface area contributed by atoms with E-state index in [2.05, 4.69) is 0 Å². The topological polar surface area (TPSA) is 57.5 Å².